The summed E-state index contributed by atoms with van der Waals surface area (Å²) in [4.78, 5) is 0. The Hall–Kier alpha value is 0.480. The normalized spacial score (nSPS) is 10.2. The van der Waals surface area contributed by atoms with Gasteiger partial charge in [0, 0.05) is 0 Å². The molecule has 0 fully saturated rings. The molecule has 0 aliphatic rings. The fourth-order valence-corrected chi connectivity index (χ4v) is 3.58. The standard InChI is InChI=1S/C10H12I2O/c1-3-4-7-5-8(11)10(13-2)9(12)6-7/h5-6H,3-4H2,1-2H3. The van der Waals surface area contributed by atoms with Crippen LogP contribution in [0.5, 0.6) is 5.75 Å². The highest BCUT2D eigenvalue weighted by atomic mass is 127. The second-order valence-corrected chi connectivity index (χ2v) is 5.17. The molecule has 0 aromatic heterocycles. The Morgan fingerprint density at radius 1 is 1.23 bits per heavy atom. The Labute approximate surface area is 107 Å². The Morgan fingerprint density at radius 3 is 2.15 bits per heavy atom. The summed E-state index contributed by atoms with van der Waals surface area (Å²) in [5.74, 6) is 1.00. The van der Waals surface area contributed by atoms with E-state index in [-0.39, 0.29) is 0 Å². The van der Waals surface area contributed by atoms with Gasteiger partial charge in [-0.25, -0.2) is 0 Å². The predicted octanol–water partition coefficient (Wildman–Crippen LogP) is 3.86. The highest BCUT2D eigenvalue weighted by molar-refractivity contribution is 14.1. The monoisotopic (exact) mass is 402 g/mol. The number of methoxy groups -OCH3 is 1. The van der Waals surface area contributed by atoms with Gasteiger partial charge in [-0.15, -0.1) is 0 Å². The van der Waals surface area contributed by atoms with Crippen molar-refractivity contribution >= 4 is 45.2 Å². The van der Waals surface area contributed by atoms with Gasteiger partial charge in [-0.05, 0) is 69.3 Å². The average Bonchev–Trinajstić information content (AvgIpc) is 2.04. The maximum Gasteiger partial charge on any atom is 0.145 e. The van der Waals surface area contributed by atoms with E-state index in [1.807, 2.05) is 0 Å². The van der Waals surface area contributed by atoms with Gasteiger partial charge in [0.25, 0.3) is 0 Å². The fraction of sp³-hybridized carbons (Fsp3) is 0.400. The molecule has 0 unspecified atom stereocenters. The van der Waals surface area contributed by atoms with Crippen LogP contribution in [0.1, 0.15) is 18.9 Å². The summed E-state index contributed by atoms with van der Waals surface area (Å²) in [5.41, 5.74) is 1.40. The van der Waals surface area contributed by atoms with Gasteiger partial charge in [0.05, 0.1) is 14.3 Å². The number of aryl methyl sites for hydroxylation is 1. The molecule has 0 bridgehead atoms. The summed E-state index contributed by atoms with van der Waals surface area (Å²) in [6.45, 7) is 2.20. The van der Waals surface area contributed by atoms with E-state index in [1.54, 1.807) is 7.11 Å². The number of ether oxygens (including phenoxy) is 1. The molecule has 0 atom stereocenters. The average molecular weight is 402 g/mol. The van der Waals surface area contributed by atoms with Crippen molar-refractivity contribution < 1.29 is 4.74 Å². The van der Waals surface area contributed by atoms with E-state index in [4.69, 9.17) is 4.74 Å². The van der Waals surface area contributed by atoms with Crippen molar-refractivity contribution in [3.8, 4) is 5.75 Å². The van der Waals surface area contributed by atoms with Crippen molar-refractivity contribution in [2.24, 2.45) is 0 Å². The molecular weight excluding hydrogens is 390 g/mol. The molecule has 0 radical (unpaired) electrons. The van der Waals surface area contributed by atoms with Crippen LogP contribution in [0, 0.1) is 7.14 Å². The lowest BCUT2D eigenvalue weighted by Crippen LogP contribution is -1.93. The van der Waals surface area contributed by atoms with Crippen molar-refractivity contribution in [3.05, 3.63) is 24.8 Å². The lowest BCUT2D eigenvalue weighted by molar-refractivity contribution is 0.408. The molecule has 1 aromatic carbocycles. The van der Waals surface area contributed by atoms with Gasteiger partial charge >= 0.3 is 0 Å². The molecular formula is C10H12I2O. The van der Waals surface area contributed by atoms with Gasteiger partial charge in [-0.1, -0.05) is 13.3 Å². The molecule has 0 aliphatic carbocycles. The van der Waals surface area contributed by atoms with Crippen LogP contribution in [0.3, 0.4) is 0 Å². The minimum atomic E-state index is 1.00. The maximum atomic E-state index is 5.29. The molecule has 0 spiro atoms. The van der Waals surface area contributed by atoms with Crippen LogP contribution in [0.25, 0.3) is 0 Å². The number of halogens is 2. The second-order valence-electron chi connectivity index (χ2n) is 2.84. The van der Waals surface area contributed by atoms with Crippen molar-refractivity contribution in [1.29, 1.82) is 0 Å². The van der Waals surface area contributed by atoms with Crippen LogP contribution < -0.4 is 4.74 Å². The molecule has 1 aromatic rings. The highest BCUT2D eigenvalue weighted by Gasteiger charge is 2.06. The van der Waals surface area contributed by atoms with Crippen molar-refractivity contribution in [2.75, 3.05) is 7.11 Å². The first-order valence-corrected chi connectivity index (χ1v) is 6.36. The Kier molecular flexibility index (Phi) is 4.78. The van der Waals surface area contributed by atoms with Gasteiger partial charge < -0.3 is 4.74 Å². The summed E-state index contributed by atoms with van der Waals surface area (Å²) < 4.78 is 7.70. The van der Waals surface area contributed by atoms with E-state index in [0.717, 1.165) is 12.2 Å². The van der Waals surface area contributed by atoms with E-state index in [0.29, 0.717) is 0 Å². The molecule has 0 aliphatic heterocycles. The molecule has 1 nitrogen and oxygen atoms in total. The highest BCUT2D eigenvalue weighted by Crippen LogP contribution is 2.28. The van der Waals surface area contributed by atoms with E-state index in [9.17, 15) is 0 Å². The zero-order valence-corrected chi connectivity index (χ0v) is 12.0. The zero-order chi connectivity index (χ0) is 9.84. The predicted molar refractivity (Wildman–Crippen MR) is 72.4 cm³/mol. The van der Waals surface area contributed by atoms with Crippen molar-refractivity contribution in [1.82, 2.24) is 0 Å². The molecule has 0 heterocycles. The molecule has 13 heavy (non-hydrogen) atoms. The van der Waals surface area contributed by atoms with E-state index < -0.39 is 0 Å². The molecule has 0 amide bonds. The smallest absolute Gasteiger partial charge is 0.145 e. The number of hydrogen-bond donors (Lipinski definition) is 0. The summed E-state index contributed by atoms with van der Waals surface area (Å²) >= 11 is 4.64. The van der Waals surface area contributed by atoms with Crippen molar-refractivity contribution in [3.63, 3.8) is 0 Å². The number of hydrogen-bond acceptors (Lipinski definition) is 1. The fourth-order valence-electron chi connectivity index (χ4n) is 1.24. The Balaban J connectivity index is 3.05. The van der Waals surface area contributed by atoms with E-state index >= 15 is 0 Å². The molecule has 0 saturated heterocycles. The van der Waals surface area contributed by atoms with Crippen LogP contribution in [0.2, 0.25) is 0 Å². The first-order valence-electron chi connectivity index (χ1n) is 4.21. The summed E-state index contributed by atoms with van der Waals surface area (Å²) in [5, 5.41) is 0. The lowest BCUT2D eigenvalue weighted by Gasteiger charge is -2.08. The summed E-state index contributed by atoms with van der Waals surface area (Å²) in [6, 6.07) is 4.40. The van der Waals surface area contributed by atoms with Crippen molar-refractivity contribution in [2.45, 2.75) is 19.8 Å². The van der Waals surface area contributed by atoms with E-state index in [1.165, 1.54) is 19.1 Å². The third-order valence-corrected chi connectivity index (χ3v) is 3.40. The van der Waals surface area contributed by atoms with Crippen LogP contribution in [0.15, 0.2) is 12.1 Å². The molecule has 0 saturated carbocycles. The minimum absolute atomic E-state index is 1.00. The number of rotatable bonds is 3. The molecule has 3 heteroatoms. The SMILES string of the molecule is CCCc1cc(I)c(OC)c(I)c1. The van der Waals surface area contributed by atoms with Gasteiger partial charge in [0.15, 0.2) is 0 Å². The van der Waals surface area contributed by atoms with Gasteiger partial charge in [-0.3, -0.25) is 0 Å². The van der Waals surface area contributed by atoms with Crippen LogP contribution in [-0.2, 0) is 6.42 Å². The van der Waals surface area contributed by atoms with Gasteiger partial charge in [0.2, 0.25) is 0 Å². The third kappa shape index (κ3) is 2.97. The maximum absolute atomic E-state index is 5.29. The lowest BCUT2D eigenvalue weighted by atomic mass is 10.1. The van der Waals surface area contributed by atoms with Crippen LogP contribution >= 0.6 is 45.2 Å². The Morgan fingerprint density at radius 2 is 1.77 bits per heavy atom. The zero-order valence-electron chi connectivity index (χ0n) is 7.73. The molecule has 0 N–H and O–H groups in total. The Bertz CT molecular complexity index is 274. The van der Waals surface area contributed by atoms with E-state index in [2.05, 4.69) is 64.2 Å². The second kappa shape index (κ2) is 5.38. The van der Waals surface area contributed by atoms with Crippen LogP contribution in [-0.4, -0.2) is 7.11 Å². The summed E-state index contributed by atoms with van der Waals surface area (Å²) in [6.07, 6.45) is 2.34. The third-order valence-electron chi connectivity index (χ3n) is 1.80. The topological polar surface area (TPSA) is 9.23 Å². The first kappa shape index (κ1) is 11.6. The quantitative estimate of drug-likeness (QED) is 0.699. The van der Waals surface area contributed by atoms with Gasteiger partial charge in [0.1, 0.15) is 5.75 Å². The summed E-state index contributed by atoms with van der Waals surface area (Å²) in [7, 11) is 1.72. The largest absolute Gasteiger partial charge is 0.495 e. The molecule has 1 rings (SSSR count). The first-order chi connectivity index (χ1) is 6.19. The minimum Gasteiger partial charge on any atom is -0.495 e. The number of benzene rings is 1. The van der Waals surface area contributed by atoms with Crippen LogP contribution in [0.4, 0.5) is 0 Å². The van der Waals surface area contributed by atoms with Gasteiger partial charge in [-0.2, -0.15) is 0 Å². The molecule has 72 valence electrons.